The summed E-state index contributed by atoms with van der Waals surface area (Å²) in [6.45, 7) is 4.55. The Bertz CT molecular complexity index is 1010. The fourth-order valence-electron chi connectivity index (χ4n) is 3.57. The lowest BCUT2D eigenvalue weighted by Gasteiger charge is -2.28. The van der Waals surface area contributed by atoms with Gasteiger partial charge in [0.25, 0.3) is 0 Å². The van der Waals surface area contributed by atoms with Gasteiger partial charge in [0.2, 0.25) is 0 Å². The van der Waals surface area contributed by atoms with Gasteiger partial charge < -0.3 is 18.9 Å². The zero-order chi connectivity index (χ0) is 20.4. The zero-order valence-electron chi connectivity index (χ0n) is 17.2. The Balaban J connectivity index is 1.78. The molecule has 3 aromatic rings. The van der Waals surface area contributed by atoms with Gasteiger partial charge in [-0.1, -0.05) is 6.07 Å². The Labute approximate surface area is 175 Å². The summed E-state index contributed by atoms with van der Waals surface area (Å²) in [6, 6.07) is 14.3. The maximum Gasteiger partial charge on any atom is 0.164 e. The summed E-state index contributed by atoms with van der Waals surface area (Å²) < 4.78 is 22.8. The number of rotatable bonds is 5. The summed E-state index contributed by atoms with van der Waals surface area (Å²) in [5, 5.41) is 0. The van der Waals surface area contributed by atoms with E-state index in [1.807, 2.05) is 35.6 Å². The highest BCUT2D eigenvalue weighted by Crippen LogP contribution is 2.41. The molecular formula is C23H25NO4S. The highest BCUT2D eigenvalue weighted by Gasteiger charge is 2.22. The molecule has 2 aromatic carbocycles. The van der Waals surface area contributed by atoms with Crippen molar-refractivity contribution in [3.63, 3.8) is 0 Å². The van der Waals surface area contributed by atoms with Crippen molar-refractivity contribution in [2.45, 2.75) is 26.6 Å². The molecule has 5 nitrogen and oxygen atoms in total. The van der Waals surface area contributed by atoms with Gasteiger partial charge in [0.15, 0.2) is 11.5 Å². The van der Waals surface area contributed by atoms with Gasteiger partial charge in [-0.2, -0.15) is 0 Å². The van der Waals surface area contributed by atoms with Crippen molar-refractivity contribution in [3.8, 4) is 28.7 Å². The first kappa shape index (κ1) is 19.6. The van der Waals surface area contributed by atoms with Crippen LogP contribution in [0.5, 0.6) is 28.7 Å². The Morgan fingerprint density at radius 2 is 1.59 bits per heavy atom. The van der Waals surface area contributed by atoms with E-state index in [2.05, 4.69) is 30.0 Å². The van der Waals surface area contributed by atoms with Crippen molar-refractivity contribution < 1.29 is 18.9 Å². The average molecular weight is 412 g/mol. The van der Waals surface area contributed by atoms with Crippen LogP contribution in [-0.2, 0) is 19.6 Å². The molecule has 0 amide bonds. The third-order valence-corrected chi connectivity index (χ3v) is 6.01. The fraction of sp³-hybridized carbons (Fsp3) is 0.304. The summed E-state index contributed by atoms with van der Waals surface area (Å²) in [5.41, 5.74) is 2.18. The maximum atomic E-state index is 6.33. The van der Waals surface area contributed by atoms with Crippen molar-refractivity contribution in [3.05, 3.63) is 63.3 Å². The third kappa shape index (κ3) is 4.18. The van der Waals surface area contributed by atoms with E-state index in [-0.39, 0.29) is 0 Å². The second kappa shape index (κ2) is 8.35. The van der Waals surface area contributed by atoms with E-state index in [4.69, 9.17) is 18.9 Å². The second-order valence-corrected chi connectivity index (χ2v) is 8.42. The molecule has 1 aliphatic rings. The minimum Gasteiger partial charge on any atom is -0.497 e. The van der Waals surface area contributed by atoms with Crippen LogP contribution in [0.15, 0.2) is 42.5 Å². The Hall–Kier alpha value is -2.70. The summed E-state index contributed by atoms with van der Waals surface area (Å²) >= 11 is 1.84. The molecule has 0 atom stereocenters. The zero-order valence-corrected chi connectivity index (χ0v) is 18.0. The van der Waals surface area contributed by atoms with Gasteiger partial charge in [0.05, 0.1) is 21.3 Å². The van der Waals surface area contributed by atoms with Crippen LogP contribution in [0.25, 0.3) is 0 Å². The molecule has 2 heterocycles. The Morgan fingerprint density at radius 1 is 0.862 bits per heavy atom. The first-order valence-corrected chi connectivity index (χ1v) is 10.3. The first-order chi connectivity index (χ1) is 14.1. The van der Waals surface area contributed by atoms with Crippen molar-refractivity contribution in [2.75, 3.05) is 21.3 Å². The van der Waals surface area contributed by atoms with Crippen LogP contribution in [0.1, 0.15) is 20.9 Å². The minimum absolute atomic E-state index is 0.650. The van der Waals surface area contributed by atoms with E-state index < -0.39 is 0 Å². The lowest BCUT2D eigenvalue weighted by atomic mass is 10.1. The molecule has 0 bridgehead atoms. The van der Waals surface area contributed by atoms with Gasteiger partial charge in [-0.15, -0.1) is 11.3 Å². The maximum absolute atomic E-state index is 6.33. The van der Waals surface area contributed by atoms with Gasteiger partial charge in [-0.3, -0.25) is 4.90 Å². The van der Waals surface area contributed by atoms with Crippen LogP contribution >= 0.6 is 11.3 Å². The molecular weight excluding hydrogens is 386 g/mol. The molecule has 4 rings (SSSR count). The predicted molar refractivity (Wildman–Crippen MR) is 115 cm³/mol. The highest BCUT2D eigenvalue weighted by molar-refractivity contribution is 7.11. The molecule has 1 aromatic heterocycles. The van der Waals surface area contributed by atoms with E-state index in [1.54, 1.807) is 21.3 Å². The molecule has 0 saturated carbocycles. The quantitative estimate of drug-likeness (QED) is 0.563. The van der Waals surface area contributed by atoms with Gasteiger partial charge in [-0.05, 0) is 31.2 Å². The number of hydrogen-bond donors (Lipinski definition) is 0. The standard InChI is InChI=1S/C23H25NO4S/c1-15-5-8-19(29-15)14-24-12-16-6-7-18(25-2)10-20(16)28-21-11-23(27-4)22(26-3)9-17(21)13-24/h5-11H,12-14H2,1-4H3. The number of ether oxygens (including phenoxy) is 4. The molecule has 0 aliphatic carbocycles. The minimum atomic E-state index is 0.650. The van der Waals surface area contributed by atoms with Crippen molar-refractivity contribution in [1.82, 2.24) is 4.90 Å². The van der Waals surface area contributed by atoms with E-state index in [9.17, 15) is 0 Å². The molecule has 29 heavy (non-hydrogen) atoms. The largest absolute Gasteiger partial charge is 0.497 e. The van der Waals surface area contributed by atoms with E-state index in [0.29, 0.717) is 11.5 Å². The fourth-order valence-corrected chi connectivity index (χ4v) is 4.50. The normalized spacial score (nSPS) is 13.5. The van der Waals surface area contributed by atoms with Crippen LogP contribution < -0.4 is 18.9 Å². The van der Waals surface area contributed by atoms with E-state index >= 15 is 0 Å². The number of nitrogens with zero attached hydrogens (tertiary/aromatic N) is 1. The molecule has 0 saturated heterocycles. The molecule has 0 radical (unpaired) electrons. The van der Waals surface area contributed by atoms with E-state index in [0.717, 1.165) is 48.0 Å². The van der Waals surface area contributed by atoms with Crippen LogP contribution in [-0.4, -0.2) is 26.2 Å². The van der Waals surface area contributed by atoms with Crippen LogP contribution in [0.3, 0.4) is 0 Å². The molecule has 0 spiro atoms. The molecule has 0 unspecified atom stereocenters. The number of hydrogen-bond acceptors (Lipinski definition) is 6. The molecule has 6 heteroatoms. The number of thiophene rings is 1. The average Bonchev–Trinajstić information content (AvgIpc) is 3.13. The summed E-state index contributed by atoms with van der Waals surface area (Å²) in [7, 11) is 4.95. The number of fused-ring (bicyclic) bond motifs is 2. The highest BCUT2D eigenvalue weighted by atomic mass is 32.1. The molecule has 0 fully saturated rings. The number of benzene rings is 2. The lowest BCUT2D eigenvalue weighted by molar-refractivity contribution is 0.236. The Morgan fingerprint density at radius 3 is 2.28 bits per heavy atom. The lowest BCUT2D eigenvalue weighted by Crippen LogP contribution is -2.24. The monoisotopic (exact) mass is 411 g/mol. The SMILES string of the molecule is COc1ccc2c(c1)Oc1cc(OC)c(OC)cc1CN(Cc1ccc(C)s1)C2. The predicted octanol–water partition coefficient (Wildman–Crippen LogP) is 5.39. The van der Waals surface area contributed by atoms with E-state index in [1.165, 1.54) is 9.75 Å². The third-order valence-electron chi connectivity index (χ3n) is 5.02. The van der Waals surface area contributed by atoms with Gasteiger partial charge in [-0.25, -0.2) is 0 Å². The van der Waals surface area contributed by atoms with Gasteiger partial charge >= 0.3 is 0 Å². The van der Waals surface area contributed by atoms with Crippen LogP contribution in [0, 0.1) is 6.92 Å². The summed E-state index contributed by atoms with van der Waals surface area (Å²) in [6.07, 6.45) is 0. The molecule has 1 aliphatic heterocycles. The number of aryl methyl sites for hydroxylation is 1. The van der Waals surface area contributed by atoms with Crippen molar-refractivity contribution >= 4 is 11.3 Å². The van der Waals surface area contributed by atoms with Gasteiger partial charge in [0, 0.05) is 52.6 Å². The number of methoxy groups -OCH3 is 3. The Kier molecular flexibility index (Phi) is 5.65. The molecule has 152 valence electrons. The van der Waals surface area contributed by atoms with Gasteiger partial charge in [0.1, 0.15) is 17.2 Å². The summed E-state index contributed by atoms with van der Waals surface area (Å²) in [4.78, 5) is 5.09. The first-order valence-electron chi connectivity index (χ1n) is 9.47. The summed E-state index contributed by atoms with van der Waals surface area (Å²) in [5.74, 6) is 3.69. The smallest absolute Gasteiger partial charge is 0.164 e. The van der Waals surface area contributed by atoms with Crippen molar-refractivity contribution in [1.29, 1.82) is 0 Å². The second-order valence-electron chi connectivity index (χ2n) is 7.05. The topological polar surface area (TPSA) is 40.2 Å². The molecule has 0 N–H and O–H groups in total. The van der Waals surface area contributed by atoms with Crippen molar-refractivity contribution in [2.24, 2.45) is 0 Å². The van der Waals surface area contributed by atoms with Crippen LogP contribution in [0.2, 0.25) is 0 Å². The van der Waals surface area contributed by atoms with Crippen LogP contribution in [0.4, 0.5) is 0 Å².